The number of aromatic nitrogens is 2. The van der Waals surface area contributed by atoms with Gasteiger partial charge in [0.1, 0.15) is 15.6 Å². The largest absolute Gasteiger partial charge is 0.365 e. The molecule has 138 valence electrons. The highest BCUT2D eigenvalue weighted by Gasteiger charge is 2.20. The van der Waals surface area contributed by atoms with Crippen LogP contribution >= 0.6 is 35.3 Å². The number of nitrogens with zero attached hydrogens (tertiary/aromatic N) is 2. The van der Waals surface area contributed by atoms with Crippen LogP contribution in [0.25, 0.3) is 0 Å². The van der Waals surface area contributed by atoms with Gasteiger partial charge in [0.15, 0.2) is 5.16 Å². The van der Waals surface area contributed by atoms with Crippen LogP contribution in [0.15, 0.2) is 75.9 Å². The van der Waals surface area contributed by atoms with Gasteiger partial charge in [0.2, 0.25) is 0 Å². The van der Waals surface area contributed by atoms with Gasteiger partial charge in [0, 0.05) is 11.5 Å². The lowest BCUT2D eigenvalue weighted by Gasteiger charge is -2.12. The van der Waals surface area contributed by atoms with Crippen molar-refractivity contribution < 1.29 is 4.79 Å². The first kappa shape index (κ1) is 19.8. The van der Waals surface area contributed by atoms with Crippen molar-refractivity contribution in [2.75, 3.05) is 6.26 Å². The third-order valence-corrected chi connectivity index (χ3v) is 6.33. The van der Waals surface area contributed by atoms with Crippen molar-refractivity contribution in [1.82, 2.24) is 9.97 Å². The van der Waals surface area contributed by atoms with E-state index in [1.165, 1.54) is 46.4 Å². The summed E-state index contributed by atoms with van der Waals surface area (Å²) in [4.78, 5) is 21.3. The molecule has 1 aromatic heterocycles. The van der Waals surface area contributed by atoms with Crippen LogP contribution in [0.1, 0.15) is 21.5 Å². The molecule has 0 aliphatic rings. The molecule has 7 heteroatoms. The summed E-state index contributed by atoms with van der Waals surface area (Å²) in [6, 6.07) is 20.2. The summed E-state index contributed by atoms with van der Waals surface area (Å²) in [5.74, 6) is 0.942. The third kappa shape index (κ3) is 5.51. The van der Waals surface area contributed by atoms with Gasteiger partial charge in [-0.2, -0.15) is 0 Å². The van der Waals surface area contributed by atoms with E-state index < -0.39 is 5.91 Å². The average Bonchev–Trinajstić information content (AvgIpc) is 2.71. The van der Waals surface area contributed by atoms with E-state index in [-0.39, 0.29) is 0 Å². The van der Waals surface area contributed by atoms with Gasteiger partial charge in [-0.3, -0.25) is 4.79 Å². The van der Waals surface area contributed by atoms with Crippen molar-refractivity contribution in [1.29, 1.82) is 0 Å². The van der Waals surface area contributed by atoms with Gasteiger partial charge in [0.25, 0.3) is 5.91 Å². The summed E-state index contributed by atoms with van der Waals surface area (Å²) < 4.78 is 0. The van der Waals surface area contributed by atoms with E-state index in [0.29, 0.717) is 20.8 Å². The molecule has 0 atom stereocenters. The van der Waals surface area contributed by atoms with E-state index in [2.05, 4.69) is 34.2 Å². The Balaban J connectivity index is 1.88. The van der Waals surface area contributed by atoms with Gasteiger partial charge in [0.05, 0.1) is 0 Å². The lowest BCUT2D eigenvalue weighted by atomic mass is 10.2. The Bertz CT molecular complexity index is 840. The molecule has 2 N–H and O–H groups in total. The maximum Gasteiger partial charge on any atom is 0.254 e. The van der Waals surface area contributed by atoms with Gasteiger partial charge in [-0.25, -0.2) is 9.97 Å². The summed E-state index contributed by atoms with van der Waals surface area (Å²) >= 11 is 4.49. The van der Waals surface area contributed by atoms with E-state index in [9.17, 15) is 4.79 Å². The van der Waals surface area contributed by atoms with Crippen LogP contribution in [0.3, 0.4) is 0 Å². The van der Waals surface area contributed by atoms with Crippen molar-refractivity contribution in [2.24, 2.45) is 5.73 Å². The van der Waals surface area contributed by atoms with Crippen LogP contribution in [0.2, 0.25) is 0 Å². The first-order valence-electron chi connectivity index (χ1n) is 8.26. The fraction of sp³-hybridized carbons (Fsp3) is 0.150. The van der Waals surface area contributed by atoms with Crippen LogP contribution in [0.4, 0.5) is 0 Å². The highest BCUT2D eigenvalue weighted by molar-refractivity contribution is 7.99. The molecule has 0 bridgehead atoms. The summed E-state index contributed by atoms with van der Waals surface area (Å²) in [7, 11) is 0. The number of primary amides is 1. The number of amides is 1. The van der Waals surface area contributed by atoms with Crippen LogP contribution in [0.5, 0.6) is 0 Å². The topological polar surface area (TPSA) is 68.9 Å². The Labute approximate surface area is 171 Å². The zero-order valence-corrected chi connectivity index (χ0v) is 17.2. The maximum absolute atomic E-state index is 12.2. The fourth-order valence-electron chi connectivity index (χ4n) is 2.36. The molecule has 0 aliphatic carbocycles. The molecule has 1 heterocycles. The van der Waals surface area contributed by atoms with Crippen molar-refractivity contribution in [3.05, 3.63) is 77.4 Å². The van der Waals surface area contributed by atoms with Crippen molar-refractivity contribution >= 4 is 41.2 Å². The molecule has 0 aliphatic heterocycles. The molecule has 3 aromatic rings. The molecule has 3 rings (SSSR count). The van der Waals surface area contributed by atoms with Gasteiger partial charge >= 0.3 is 0 Å². The second-order valence-corrected chi connectivity index (χ2v) is 8.31. The normalized spacial score (nSPS) is 10.7. The van der Waals surface area contributed by atoms with Crippen molar-refractivity contribution in [2.45, 2.75) is 26.7 Å². The summed E-state index contributed by atoms with van der Waals surface area (Å²) in [6.45, 7) is 0. The second kappa shape index (κ2) is 9.82. The molecule has 0 unspecified atom stereocenters. The average molecular weight is 414 g/mol. The van der Waals surface area contributed by atoms with Crippen LogP contribution < -0.4 is 5.73 Å². The highest BCUT2D eigenvalue weighted by atomic mass is 32.2. The van der Waals surface area contributed by atoms with Gasteiger partial charge in [-0.15, -0.1) is 23.5 Å². The molecular formula is C20H19N3OS3. The van der Waals surface area contributed by atoms with Gasteiger partial charge < -0.3 is 5.73 Å². The Morgan fingerprint density at radius 2 is 1.30 bits per heavy atom. The number of rotatable bonds is 8. The van der Waals surface area contributed by atoms with Gasteiger partial charge in [-0.05, 0) is 17.4 Å². The Hall–Kier alpha value is -1.96. The highest BCUT2D eigenvalue weighted by Crippen LogP contribution is 2.33. The molecule has 0 fully saturated rings. The molecule has 2 aromatic carbocycles. The quantitative estimate of drug-likeness (QED) is 0.322. The number of benzene rings is 2. The minimum Gasteiger partial charge on any atom is -0.365 e. The van der Waals surface area contributed by atoms with E-state index in [0.717, 1.165) is 11.5 Å². The first-order valence-corrected chi connectivity index (χ1v) is 11.5. The minimum atomic E-state index is -0.492. The minimum absolute atomic E-state index is 0.412. The van der Waals surface area contributed by atoms with Crippen LogP contribution in [-0.2, 0) is 11.5 Å². The smallest absolute Gasteiger partial charge is 0.254 e. The molecule has 0 saturated carbocycles. The predicted molar refractivity (Wildman–Crippen MR) is 114 cm³/mol. The molecule has 1 amide bonds. The number of nitrogens with two attached hydrogens (primary N) is 1. The number of hydrogen-bond donors (Lipinski definition) is 1. The van der Waals surface area contributed by atoms with E-state index in [1.807, 2.05) is 42.7 Å². The number of hydrogen-bond acceptors (Lipinski definition) is 6. The van der Waals surface area contributed by atoms with Crippen molar-refractivity contribution in [3.63, 3.8) is 0 Å². The standard InChI is InChI=1S/C20H19N3OS3/c1-25-20-22-18(26-12-14-8-4-2-5-9-14)16(17(21)24)19(23-20)27-13-15-10-6-3-7-11-15/h2-11H,12-13H2,1H3,(H2,21,24). The van der Waals surface area contributed by atoms with E-state index in [4.69, 9.17) is 5.73 Å². The Morgan fingerprint density at radius 1 is 0.852 bits per heavy atom. The zero-order chi connectivity index (χ0) is 19.1. The number of carbonyl (C=O) groups excluding carboxylic acids is 1. The predicted octanol–water partition coefficient (Wildman–Crippen LogP) is 4.88. The number of thioether (sulfide) groups is 3. The fourth-order valence-corrected chi connectivity index (χ4v) is 4.89. The number of carbonyl (C=O) groups is 1. The molecule has 0 radical (unpaired) electrons. The molecule has 0 spiro atoms. The van der Waals surface area contributed by atoms with Crippen LogP contribution in [-0.4, -0.2) is 22.1 Å². The maximum atomic E-state index is 12.2. The van der Waals surface area contributed by atoms with E-state index >= 15 is 0 Å². The summed E-state index contributed by atoms with van der Waals surface area (Å²) in [5, 5.41) is 1.92. The first-order chi connectivity index (χ1) is 13.2. The monoisotopic (exact) mass is 413 g/mol. The lowest BCUT2D eigenvalue weighted by molar-refractivity contribution is 0.0992. The van der Waals surface area contributed by atoms with E-state index in [1.54, 1.807) is 0 Å². The SMILES string of the molecule is CSc1nc(SCc2ccccc2)c(C(N)=O)c(SCc2ccccc2)n1. The summed E-state index contributed by atoms with van der Waals surface area (Å²) in [5.41, 5.74) is 8.44. The van der Waals surface area contributed by atoms with Gasteiger partial charge in [-0.1, -0.05) is 72.4 Å². The molecular weight excluding hydrogens is 394 g/mol. The molecule has 27 heavy (non-hydrogen) atoms. The Kier molecular flexibility index (Phi) is 7.20. The molecule has 4 nitrogen and oxygen atoms in total. The Morgan fingerprint density at radius 3 is 1.67 bits per heavy atom. The summed E-state index contributed by atoms with van der Waals surface area (Å²) in [6.07, 6.45) is 1.93. The third-order valence-electron chi connectivity index (χ3n) is 3.69. The molecule has 0 saturated heterocycles. The van der Waals surface area contributed by atoms with Crippen molar-refractivity contribution in [3.8, 4) is 0 Å². The lowest BCUT2D eigenvalue weighted by Crippen LogP contribution is -2.16. The zero-order valence-electron chi connectivity index (χ0n) is 14.8. The second-order valence-electron chi connectivity index (χ2n) is 5.61. The van der Waals surface area contributed by atoms with Crippen LogP contribution in [0, 0.1) is 0 Å².